The van der Waals surface area contributed by atoms with Crippen LogP contribution >= 0.6 is 11.3 Å². The Kier molecular flexibility index (Phi) is 4.97. The van der Waals surface area contributed by atoms with Gasteiger partial charge in [0.1, 0.15) is 0 Å². The first kappa shape index (κ1) is 14.9. The first-order valence-electron chi connectivity index (χ1n) is 6.34. The molecule has 0 aromatic carbocycles. The zero-order valence-electron chi connectivity index (χ0n) is 11.0. The molecule has 1 aromatic rings. The molecule has 0 radical (unpaired) electrons. The van der Waals surface area contributed by atoms with Gasteiger partial charge in [-0.05, 0) is 24.8 Å². The molecule has 0 unspecified atom stereocenters. The molecule has 5 nitrogen and oxygen atoms in total. The van der Waals surface area contributed by atoms with Crippen LogP contribution in [-0.2, 0) is 21.3 Å². The largest absolute Gasteiger partial charge is 0.384 e. The van der Waals surface area contributed by atoms with Gasteiger partial charge in [-0.25, -0.2) is 8.42 Å². The van der Waals surface area contributed by atoms with Crippen LogP contribution in [0.5, 0.6) is 0 Å². The first-order chi connectivity index (χ1) is 9.07. The maximum absolute atomic E-state index is 12.4. The van der Waals surface area contributed by atoms with Crippen LogP contribution in [0.15, 0.2) is 16.3 Å². The highest BCUT2D eigenvalue weighted by atomic mass is 32.2. The number of hydrogen-bond acceptors (Lipinski definition) is 5. The molecule has 2 rings (SSSR count). The van der Waals surface area contributed by atoms with Crippen molar-refractivity contribution < 1.29 is 13.2 Å². The van der Waals surface area contributed by atoms with E-state index in [2.05, 4.69) is 0 Å². The van der Waals surface area contributed by atoms with Gasteiger partial charge in [-0.15, -0.1) is 11.3 Å². The van der Waals surface area contributed by atoms with Crippen LogP contribution < -0.4 is 5.73 Å². The molecule has 1 fully saturated rings. The Labute approximate surface area is 118 Å². The first-order valence-corrected chi connectivity index (χ1v) is 8.66. The normalized spacial score (nSPS) is 18.8. The summed E-state index contributed by atoms with van der Waals surface area (Å²) in [6.07, 6.45) is 1.72. The van der Waals surface area contributed by atoms with Gasteiger partial charge in [-0.2, -0.15) is 4.31 Å². The highest BCUT2D eigenvalue weighted by Gasteiger charge is 2.29. The maximum Gasteiger partial charge on any atom is 0.243 e. The quantitative estimate of drug-likeness (QED) is 0.888. The van der Waals surface area contributed by atoms with Crippen molar-refractivity contribution in [2.45, 2.75) is 24.3 Å². The summed E-state index contributed by atoms with van der Waals surface area (Å²) in [6.45, 7) is 2.24. The lowest BCUT2D eigenvalue weighted by atomic mass is 9.99. The number of nitrogens with two attached hydrogens (primary N) is 1. The monoisotopic (exact) mass is 304 g/mol. The minimum absolute atomic E-state index is 0.378. The van der Waals surface area contributed by atoms with E-state index >= 15 is 0 Å². The van der Waals surface area contributed by atoms with Crippen molar-refractivity contribution >= 4 is 21.4 Å². The summed E-state index contributed by atoms with van der Waals surface area (Å²) >= 11 is 1.40. The Hall–Kier alpha value is -0.470. The van der Waals surface area contributed by atoms with Crippen molar-refractivity contribution in [1.82, 2.24) is 4.31 Å². The predicted molar refractivity (Wildman–Crippen MR) is 75.6 cm³/mol. The van der Waals surface area contributed by atoms with E-state index in [1.165, 1.54) is 11.3 Å². The third kappa shape index (κ3) is 3.35. The molecule has 1 aliphatic heterocycles. The lowest BCUT2D eigenvalue weighted by Crippen LogP contribution is -2.39. The van der Waals surface area contributed by atoms with Crippen molar-refractivity contribution in [2.24, 2.45) is 11.7 Å². The summed E-state index contributed by atoms with van der Waals surface area (Å²) in [5, 5.41) is 1.68. The molecule has 2 heterocycles. The average Bonchev–Trinajstić information content (AvgIpc) is 2.89. The van der Waals surface area contributed by atoms with Gasteiger partial charge in [0.2, 0.25) is 10.0 Å². The van der Waals surface area contributed by atoms with E-state index in [0.29, 0.717) is 37.1 Å². The fraction of sp³-hybridized carbons (Fsp3) is 0.667. The molecule has 1 saturated heterocycles. The molecule has 0 saturated carbocycles. The lowest BCUT2D eigenvalue weighted by Gasteiger charge is -2.30. The standard InChI is InChI=1S/C12H20N2O3S2/c1-17-8-10-2-4-14(5-3-10)19(15,16)12-6-11(7-13)18-9-12/h6,9-10H,2-5,7-8,13H2,1H3. The molecule has 0 bridgehead atoms. The minimum atomic E-state index is -3.34. The Morgan fingerprint density at radius 3 is 2.68 bits per heavy atom. The van der Waals surface area contributed by atoms with Crippen LogP contribution in [0.4, 0.5) is 0 Å². The molecule has 2 N–H and O–H groups in total. The zero-order valence-corrected chi connectivity index (χ0v) is 12.7. The summed E-state index contributed by atoms with van der Waals surface area (Å²) in [5.74, 6) is 0.471. The zero-order chi connectivity index (χ0) is 13.9. The van der Waals surface area contributed by atoms with Gasteiger partial charge in [0.25, 0.3) is 0 Å². The second-order valence-corrected chi connectivity index (χ2v) is 7.69. The molecule has 19 heavy (non-hydrogen) atoms. The van der Waals surface area contributed by atoms with E-state index in [9.17, 15) is 8.42 Å². The third-order valence-corrected chi connectivity index (χ3v) is 6.43. The molecular weight excluding hydrogens is 284 g/mol. The fourth-order valence-electron chi connectivity index (χ4n) is 2.30. The van der Waals surface area contributed by atoms with Crippen LogP contribution in [0.3, 0.4) is 0 Å². The van der Waals surface area contributed by atoms with E-state index in [1.54, 1.807) is 22.9 Å². The third-order valence-electron chi connectivity index (χ3n) is 3.44. The highest BCUT2D eigenvalue weighted by molar-refractivity contribution is 7.89. The topological polar surface area (TPSA) is 72.6 Å². The maximum atomic E-state index is 12.4. The van der Waals surface area contributed by atoms with E-state index in [-0.39, 0.29) is 0 Å². The van der Waals surface area contributed by atoms with Crippen molar-refractivity contribution in [2.75, 3.05) is 26.8 Å². The Bertz CT molecular complexity index is 505. The molecule has 108 valence electrons. The Balaban J connectivity index is 2.05. The van der Waals surface area contributed by atoms with Crippen LogP contribution in [-0.4, -0.2) is 39.5 Å². The number of hydrogen-bond donors (Lipinski definition) is 1. The summed E-state index contributed by atoms with van der Waals surface area (Å²) < 4.78 is 31.6. The molecule has 0 amide bonds. The number of piperidine rings is 1. The van der Waals surface area contributed by atoms with E-state index in [4.69, 9.17) is 10.5 Å². The number of sulfonamides is 1. The molecule has 0 aliphatic carbocycles. The number of ether oxygens (including phenoxy) is 1. The van der Waals surface area contributed by atoms with Crippen LogP contribution in [0.25, 0.3) is 0 Å². The molecule has 0 spiro atoms. The minimum Gasteiger partial charge on any atom is -0.384 e. The van der Waals surface area contributed by atoms with Crippen molar-refractivity contribution in [3.63, 3.8) is 0 Å². The van der Waals surface area contributed by atoms with Crippen molar-refractivity contribution in [3.05, 3.63) is 16.3 Å². The average molecular weight is 304 g/mol. The van der Waals surface area contributed by atoms with E-state index < -0.39 is 10.0 Å². The Morgan fingerprint density at radius 1 is 1.47 bits per heavy atom. The fourth-order valence-corrected chi connectivity index (χ4v) is 4.92. The molecular formula is C12H20N2O3S2. The van der Waals surface area contributed by atoms with Gasteiger partial charge in [0.05, 0.1) is 4.90 Å². The summed E-state index contributed by atoms with van der Waals surface area (Å²) in [5.41, 5.74) is 5.52. The molecule has 7 heteroatoms. The van der Waals surface area contributed by atoms with Gasteiger partial charge in [-0.1, -0.05) is 0 Å². The number of rotatable bonds is 5. The summed E-state index contributed by atoms with van der Waals surface area (Å²) in [4.78, 5) is 1.27. The second kappa shape index (κ2) is 6.32. The van der Waals surface area contributed by atoms with Crippen LogP contribution in [0.1, 0.15) is 17.7 Å². The van der Waals surface area contributed by atoms with Gasteiger partial charge >= 0.3 is 0 Å². The predicted octanol–water partition coefficient (Wildman–Crippen LogP) is 1.25. The van der Waals surface area contributed by atoms with E-state index in [0.717, 1.165) is 17.7 Å². The number of thiophene rings is 1. The van der Waals surface area contributed by atoms with Gasteiger partial charge in [0.15, 0.2) is 0 Å². The lowest BCUT2D eigenvalue weighted by molar-refractivity contribution is 0.121. The highest BCUT2D eigenvalue weighted by Crippen LogP contribution is 2.26. The van der Waals surface area contributed by atoms with Gasteiger partial charge in [0, 0.05) is 43.6 Å². The van der Waals surface area contributed by atoms with Crippen LogP contribution in [0, 0.1) is 5.92 Å². The van der Waals surface area contributed by atoms with E-state index in [1.807, 2.05) is 0 Å². The Morgan fingerprint density at radius 2 is 2.16 bits per heavy atom. The van der Waals surface area contributed by atoms with Crippen molar-refractivity contribution in [1.29, 1.82) is 0 Å². The smallest absolute Gasteiger partial charge is 0.243 e. The molecule has 1 aliphatic rings. The number of nitrogens with zero attached hydrogens (tertiary/aromatic N) is 1. The second-order valence-electron chi connectivity index (χ2n) is 4.76. The summed E-state index contributed by atoms with van der Waals surface area (Å²) in [7, 11) is -1.66. The van der Waals surface area contributed by atoms with Gasteiger partial charge in [-0.3, -0.25) is 0 Å². The van der Waals surface area contributed by atoms with Crippen LogP contribution in [0.2, 0.25) is 0 Å². The number of methoxy groups -OCH3 is 1. The summed E-state index contributed by atoms with van der Waals surface area (Å²) in [6, 6.07) is 1.68. The molecule has 0 atom stereocenters. The SMILES string of the molecule is COCC1CCN(S(=O)(=O)c2csc(CN)c2)CC1. The molecule has 1 aromatic heterocycles. The van der Waals surface area contributed by atoms with Crippen molar-refractivity contribution in [3.8, 4) is 0 Å². The van der Waals surface area contributed by atoms with Gasteiger partial charge < -0.3 is 10.5 Å².